The Kier molecular flexibility index (Phi) is 7.04. The van der Waals surface area contributed by atoms with Crippen LogP contribution < -0.4 is 10.1 Å². The summed E-state index contributed by atoms with van der Waals surface area (Å²) in [5, 5.41) is 12.7. The lowest BCUT2D eigenvalue weighted by atomic mass is 9.95. The molecule has 0 spiro atoms. The first-order valence-electron chi connectivity index (χ1n) is 8.81. The van der Waals surface area contributed by atoms with Gasteiger partial charge in [-0.2, -0.15) is 5.26 Å². The number of nitrogens with one attached hydrogen (secondary N) is 1. The van der Waals surface area contributed by atoms with Gasteiger partial charge in [-0.1, -0.05) is 31.5 Å². The van der Waals surface area contributed by atoms with Crippen LogP contribution in [0.25, 0.3) is 6.08 Å². The van der Waals surface area contributed by atoms with E-state index in [0.29, 0.717) is 17.3 Å². The summed E-state index contributed by atoms with van der Waals surface area (Å²) >= 11 is 5.94. The number of hydrogen-bond donors (Lipinski definition) is 1. The number of ether oxygens (including phenoxy) is 1. The van der Waals surface area contributed by atoms with E-state index in [1.54, 1.807) is 30.3 Å². The van der Waals surface area contributed by atoms with Crippen LogP contribution >= 0.6 is 11.6 Å². The largest absolute Gasteiger partial charge is 0.494 e. The molecule has 0 radical (unpaired) electrons. The zero-order chi connectivity index (χ0) is 20.0. The zero-order valence-corrected chi connectivity index (χ0v) is 16.7. The van der Waals surface area contributed by atoms with Crippen molar-refractivity contribution in [1.82, 2.24) is 0 Å². The first-order valence-corrected chi connectivity index (χ1v) is 9.19. The van der Waals surface area contributed by atoms with Gasteiger partial charge in [0.15, 0.2) is 0 Å². The molecule has 0 fully saturated rings. The van der Waals surface area contributed by atoms with E-state index >= 15 is 0 Å². The van der Waals surface area contributed by atoms with E-state index < -0.39 is 5.91 Å². The number of benzene rings is 2. The first kappa shape index (κ1) is 20.5. The summed E-state index contributed by atoms with van der Waals surface area (Å²) < 4.78 is 5.73. The van der Waals surface area contributed by atoms with E-state index in [2.05, 4.69) is 19.2 Å². The fourth-order valence-electron chi connectivity index (χ4n) is 2.67. The molecule has 2 rings (SSSR count). The number of anilines is 1. The average molecular weight is 383 g/mol. The monoisotopic (exact) mass is 382 g/mol. The average Bonchev–Trinajstić information content (AvgIpc) is 2.61. The molecule has 0 saturated carbocycles. The highest BCUT2D eigenvalue weighted by Crippen LogP contribution is 2.31. The number of halogens is 1. The van der Waals surface area contributed by atoms with E-state index in [9.17, 15) is 10.1 Å². The summed E-state index contributed by atoms with van der Waals surface area (Å²) in [5.41, 5.74) is 3.37. The van der Waals surface area contributed by atoms with Crippen molar-refractivity contribution in [1.29, 1.82) is 5.26 Å². The van der Waals surface area contributed by atoms with Gasteiger partial charge >= 0.3 is 0 Å². The molecule has 2 aromatic carbocycles. The van der Waals surface area contributed by atoms with E-state index in [4.69, 9.17) is 16.3 Å². The van der Waals surface area contributed by atoms with Gasteiger partial charge in [0.1, 0.15) is 17.4 Å². The molecule has 0 aromatic heterocycles. The van der Waals surface area contributed by atoms with Crippen LogP contribution in [0.2, 0.25) is 5.02 Å². The maximum Gasteiger partial charge on any atom is 0.266 e. The van der Waals surface area contributed by atoms with Gasteiger partial charge < -0.3 is 10.1 Å². The van der Waals surface area contributed by atoms with Crippen LogP contribution in [0.1, 0.15) is 43.4 Å². The van der Waals surface area contributed by atoms with Gasteiger partial charge in [-0.25, -0.2) is 0 Å². The molecule has 2 aromatic rings. The second-order valence-electron chi connectivity index (χ2n) is 6.47. The number of rotatable bonds is 6. The third-order valence-corrected chi connectivity index (χ3v) is 4.30. The Bertz CT molecular complexity index is 911. The number of amides is 1. The predicted octanol–water partition coefficient (Wildman–Crippen LogP) is 5.72. The molecule has 0 aliphatic heterocycles. The Morgan fingerprint density at radius 3 is 2.67 bits per heavy atom. The summed E-state index contributed by atoms with van der Waals surface area (Å²) in [6, 6.07) is 12.7. The van der Waals surface area contributed by atoms with Gasteiger partial charge in [0.2, 0.25) is 0 Å². The second-order valence-corrected chi connectivity index (χ2v) is 6.91. The van der Waals surface area contributed by atoms with Gasteiger partial charge in [-0.3, -0.25) is 4.79 Å². The summed E-state index contributed by atoms with van der Waals surface area (Å²) in [6.45, 7) is 8.62. The zero-order valence-electron chi connectivity index (χ0n) is 16.0. The summed E-state index contributed by atoms with van der Waals surface area (Å²) in [4.78, 5) is 12.5. The third-order valence-electron chi connectivity index (χ3n) is 4.07. The van der Waals surface area contributed by atoms with Crippen molar-refractivity contribution in [2.45, 2.75) is 33.6 Å². The predicted molar refractivity (Wildman–Crippen MR) is 110 cm³/mol. The molecule has 0 bridgehead atoms. The Balaban J connectivity index is 2.37. The second kappa shape index (κ2) is 9.25. The fraction of sp³-hybridized carbons (Fsp3) is 0.273. The molecule has 0 atom stereocenters. The van der Waals surface area contributed by atoms with Crippen LogP contribution in [0.5, 0.6) is 5.75 Å². The lowest BCUT2D eigenvalue weighted by molar-refractivity contribution is -0.112. The van der Waals surface area contributed by atoms with Crippen LogP contribution in [0, 0.1) is 18.3 Å². The number of carbonyl (C=O) groups excluding carboxylic acids is 1. The number of hydrogen-bond acceptors (Lipinski definition) is 3. The van der Waals surface area contributed by atoms with Crippen molar-refractivity contribution in [3.8, 4) is 11.8 Å². The van der Waals surface area contributed by atoms with Crippen LogP contribution in [-0.4, -0.2) is 12.5 Å². The molecular weight excluding hydrogens is 360 g/mol. The molecule has 0 aliphatic rings. The number of nitriles is 1. The Hall–Kier alpha value is -2.77. The van der Waals surface area contributed by atoms with Crippen LogP contribution in [0.15, 0.2) is 42.0 Å². The molecule has 140 valence electrons. The van der Waals surface area contributed by atoms with Crippen molar-refractivity contribution in [3.05, 3.63) is 63.7 Å². The van der Waals surface area contributed by atoms with Gasteiger partial charge in [0.05, 0.1) is 6.61 Å². The fourth-order valence-corrected chi connectivity index (χ4v) is 2.86. The molecule has 27 heavy (non-hydrogen) atoms. The standard InChI is InChI=1S/C22H23ClN2O2/c1-5-27-21-9-15(4)16(11-20(21)14(2)3)10-17(13-24)22(26)25-19-8-6-7-18(23)12-19/h6-12,14H,5H2,1-4H3,(H,25,26)/b17-10+. The minimum absolute atomic E-state index is 0.0249. The Morgan fingerprint density at radius 2 is 2.07 bits per heavy atom. The van der Waals surface area contributed by atoms with Crippen molar-refractivity contribution in [2.24, 2.45) is 0 Å². The van der Waals surface area contributed by atoms with Crippen LogP contribution in [0.4, 0.5) is 5.69 Å². The van der Waals surface area contributed by atoms with Crippen LogP contribution in [0.3, 0.4) is 0 Å². The molecule has 1 N–H and O–H groups in total. The highest BCUT2D eigenvalue weighted by molar-refractivity contribution is 6.31. The van der Waals surface area contributed by atoms with E-state index in [1.165, 1.54) is 0 Å². The highest BCUT2D eigenvalue weighted by Gasteiger charge is 2.14. The Morgan fingerprint density at radius 1 is 1.33 bits per heavy atom. The van der Waals surface area contributed by atoms with Gasteiger partial charge in [-0.15, -0.1) is 0 Å². The van der Waals surface area contributed by atoms with E-state index in [0.717, 1.165) is 22.4 Å². The molecule has 4 nitrogen and oxygen atoms in total. The SMILES string of the molecule is CCOc1cc(C)c(/C=C(\C#N)C(=O)Nc2cccc(Cl)c2)cc1C(C)C. The van der Waals surface area contributed by atoms with Crippen molar-refractivity contribution >= 4 is 29.3 Å². The maximum atomic E-state index is 12.5. The molecular formula is C22H23ClN2O2. The lowest BCUT2D eigenvalue weighted by Gasteiger charge is -2.16. The summed E-state index contributed by atoms with van der Waals surface area (Å²) in [7, 11) is 0. The Labute approximate surface area is 165 Å². The van der Waals surface area contributed by atoms with Crippen LogP contribution in [-0.2, 0) is 4.79 Å². The minimum atomic E-state index is -0.473. The number of nitrogens with zero attached hydrogens (tertiary/aromatic N) is 1. The lowest BCUT2D eigenvalue weighted by Crippen LogP contribution is -2.13. The normalized spacial score (nSPS) is 11.2. The molecule has 1 amide bonds. The van der Waals surface area contributed by atoms with Crippen molar-refractivity contribution in [3.63, 3.8) is 0 Å². The van der Waals surface area contributed by atoms with Gasteiger partial charge in [-0.05, 0) is 72.9 Å². The molecule has 0 unspecified atom stereocenters. The summed E-state index contributed by atoms with van der Waals surface area (Å²) in [6.07, 6.45) is 1.61. The van der Waals surface area contributed by atoms with Crippen molar-refractivity contribution < 1.29 is 9.53 Å². The molecule has 5 heteroatoms. The number of carbonyl (C=O) groups is 1. The number of aryl methyl sites for hydroxylation is 1. The topological polar surface area (TPSA) is 62.1 Å². The first-order chi connectivity index (χ1) is 12.8. The molecule has 0 aliphatic carbocycles. The third kappa shape index (κ3) is 5.35. The van der Waals surface area contributed by atoms with Gasteiger partial charge in [0.25, 0.3) is 5.91 Å². The highest BCUT2D eigenvalue weighted by atomic mass is 35.5. The maximum absolute atomic E-state index is 12.5. The molecule has 0 saturated heterocycles. The van der Waals surface area contributed by atoms with Gasteiger partial charge in [0, 0.05) is 10.7 Å². The van der Waals surface area contributed by atoms with E-state index in [-0.39, 0.29) is 11.5 Å². The minimum Gasteiger partial charge on any atom is -0.494 e. The summed E-state index contributed by atoms with van der Waals surface area (Å²) in [5.74, 6) is 0.619. The smallest absolute Gasteiger partial charge is 0.266 e. The van der Waals surface area contributed by atoms with Crippen molar-refractivity contribution in [2.75, 3.05) is 11.9 Å². The quantitative estimate of drug-likeness (QED) is 0.513. The molecule has 0 heterocycles. The van der Waals surface area contributed by atoms with E-state index in [1.807, 2.05) is 32.0 Å².